The van der Waals surface area contributed by atoms with Crippen LogP contribution in [0.3, 0.4) is 0 Å². The Hall–Kier alpha value is -1.60. The normalized spacial score (nSPS) is 12.9. The van der Waals surface area contributed by atoms with E-state index in [9.17, 15) is 9.90 Å². The van der Waals surface area contributed by atoms with Crippen molar-refractivity contribution in [2.45, 2.75) is 39.5 Å². The lowest BCUT2D eigenvalue weighted by molar-refractivity contribution is -0.123. The monoisotopic (exact) mass is 283 g/mol. The molecule has 0 bridgehead atoms. The molecule has 1 rings (SSSR count). The Bertz CT molecular complexity index is 419. The van der Waals surface area contributed by atoms with Crippen molar-refractivity contribution in [3.63, 3.8) is 0 Å². The SMILES string of the molecule is CCN(CC(=O)NC(C)C)CC(O)Cn1cc(N)cn1. The summed E-state index contributed by atoms with van der Waals surface area (Å²) in [6.45, 7) is 7.57. The highest BCUT2D eigenvalue weighted by atomic mass is 16.3. The first kappa shape index (κ1) is 16.5. The van der Waals surface area contributed by atoms with Gasteiger partial charge in [-0.25, -0.2) is 0 Å². The molecule has 1 heterocycles. The van der Waals surface area contributed by atoms with Crippen LogP contribution in [0.25, 0.3) is 0 Å². The number of aliphatic hydroxyl groups is 1. The highest BCUT2D eigenvalue weighted by Crippen LogP contribution is 2.01. The van der Waals surface area contributed by atoms with Gasteiger partial charge in [-0.1, -0.05) is 6.92 Å². The van der Waals surface area contributed by atoms with Crippen molar-refractivity contribution >= 4 is 11.6 Å². The standard InChI is InChI=1S/C13H25N5O2/c1-4-17(9-13(20)16-10(2)3)7-12(19)8-18-6-11(14)5-15-18/h5-6,10,12,19H,4,7-9,14H2,1-3H3,(H,16,20). The van der Waals surface area contributed by atoms with Gasteiger partial charge in [0.1, 0.15) is 0 Å². The molecular formula is C13H25N5O2. The lowest BCUT2D eigenvalue weighted by atomic mass is 10.3. The summed E-state index contributed by atoms with van der Waals surface area (Å²) >= 11 is 0. The molecule has 0 saturated heterocycles. The van der Waals surface area contributed by atoms with Gasteiger partial charge in [0.05, 0.1) is 31.1 Å². The Morgan fingerprint density at radius 3 is 2.80 bits per heavy atom. The summed E-state index contributed by atoms with van der Waals surface area (Å²) < 4.78 is 1.60. The average Bonchev–Trinajstić information content (AvgIpc) is 2.72. The van der Waals surface area contributed by atoms with Crippen LogP contribution in [0.2, 0.25) is 0 Å². The molecule has 4 N–H and O–H groups in total. The second kappa shape index (κ2) is 7.86. The topological polar surface area (TPSA) is 96.4 Å². The van der Waals surface area contributed by atoms with Gasteiger partial charge in [0.15, 0.2) is 0 Å². The first-order valence-electron chi connectivity index (χ1n) is 6.88. The summed E-state index contributed by atoms with van der Waals surface area (Å²) in [5.41, 5.74) is 6.14. The molecule has 1 aromatic rings. The van der Waals surface area contributed by atoms with Crippen LogP contribution in [0.1, 0.15) is 20.8 Å². The number of anilines is 1. The number of likely N-dealkylation sites (N-methyl/N-ethyl adjacent to an activating group) is 1. The Labute approximate surface area is 119 Å². The van der Waals surface area contributed by atoms with Gasteiger partial charge in [0.25, 0.3) is 0 Å². The van der Waals surface area contributed by atoms with E-state index in [4.69, 9.17) is 5.73 Å². The number of hydrogen-bond acceptors (Lipinski definition) is 5. The van der Waals surface area contributed by atoms with E-state index in [1.165, 1.54) is 0 Å². The van der Waals surface area contributed by atoms with Crippen molar-refractivity contribution in [3.05, 3.63) is 12.4 Å². The summed E-state index contributed by atoms with van der Waals surface area (Å²) in [4.78, 5) is 13.6. The number of amides is 1. The van der Waals surface area contributed by atoms with Crippen molar-refractivity contribution < 1.29 is 9.90 Å². The molecule has 7 nitrogen and oxygen atoms in total. The fourth-order valence-electron chi connectivity index (χ4n) is 1.93. The first-order chi connectivity index (χ1) is 9.40. The number of aliphatic hydroxyl groups excluding tert-OH is 1. The molecule has 20 heavy (non-hydrogen) atoms. The van der Waals surface area contributed by atoms with Crippen LogP contribution in [0.4, 0.5) is 5.69 Å². The molecule has 0 aromatic carbocycles. The lowest BCUT2D eigenvalue weighted by Gasteiger charge is -2.23. The number of carbonyl (C=O) groups is 1. The van der Waals surface area contributed by atoms with Crippen LogP contribution in [0.5, 0.6) is 0 Å². The number of aromatic nitrogens is 2. The summed E-state index contributed by atoms with van der Waals surface area (Å²) in [5.74, 6) is -0.0302. The van der Waals surface area contributed by atoms with Gasteiger partial charge >= 0.3 is 0 Å². The molecule has 114 valence electrons. The Morgan fingerprint density at radius 2 is 2.30 bits per heavy atom. The summed E-state index contributed by atoms with van der Waals surface area (Å²) in [6, 6.07) is 0.123. The minimum Gasteiger partial charge on any atom is -0.396 e. The molecular weight excluding hydrogens is 258 g/mol. The van der Waals surface area contributed by atoms with Gasteiger partial charge in [-0.3, -0.25) is 14.4 Å². The number of nitrogens with one attached hydrogen (secondary N) is 1. The maximum atomic E-state index is 11.7. The quantitative estimate of drug-likeness (QED) is 0.607. The maximum absolute atomic E-state index is 11.7. The van der Waals surface area contributed by atoms with Gasteiger partial charge in [-0.15, -0.1) is 0 Å². The van der Waals surface area contributed by atoms with E-state index in [1.54, 1.807) is 17.1 Å². The van der Waals surface area contributed by atoms with Crippen molar-refractivity contribution in [2.24, 2.45) is 0 Å². The highest BCUT2D eigenvalue weighted by Gasteiger charge is 2.15. The van der Waals surface area contributed by atoms with E-state index < -0.39 is 6.10 Å². The lowest BCUT2D eigenvalue weighted by Crippen LogP contribution is -2.43. The van der Waals surface area contributed by atoms with E-state index >= 15 is 0 Å². The summed E-state index contributed by atoms with van der Waals surface area (Å²) in [7, 11) is 0. The number of carbonyl (C=O) groups excluding carboxylic acids is 1. The molecule has 0 aliphatic heterocycles. The van der Waals surface area contributed by atoms with E-state index in [0.717, 1.165) is 0 Å². The number of rotatable bonds is 8. The summed E-state index contributed by atoms with van der Waals surface area (Å²) in [6.07, 6.45) is 2.62. The number of nitrogens with two attached hydrogens (primary N) is 1. The van der Waals surface area contributed by atoms with Crippen LogP contribution in [0, 0.1) is 0 Å². The smallest absolute Gasteiger partial charge is 0.234 e. The molecule has 1 amide bonds. The fourth-order valence-corrected chi connectivity index (χ4v) is 1.93. The zero-order chi connectivity index (χ0) is 15.1. The maximum Gasteiger partial charge on any atom is 0.234 e. The van der Waals surface area contributed by atoms with E-state index in [-0.39, 0.29) is 18.5 Å². The molecule has 0 fully saturated rings. The van der Waals surface area contributed by atoms with Gasteiger partial charge < -0.3 is 16.2 Å². The summed E-state index contributed by atoms with van der Waals surface area (Å²) in [5, 5.41) is 16.9. The average molecular weight is 283 g/mol. The minimum atomic E-state index is -0.596. The predicted octanol–water partition coefficient (Wildman–Crippen LogP) is -0.327. The number of nitrogens with zero attached hydrogens (tertiary/aromatic N) is 3. The molecule has 0 saturated carbocycles. The first-order valence-corrected chi connectivity index (χ1v) is 6.88. The zero-order valence-corrected chi connectivity index (χ0v) is 12.4. The van der Waals surface area contributed by atoms with E-state index in [2.05, 4.69) is 10.4 Å². The van der Waals surface area contributed by atoms with E-state index in [0.29, 0.717) is 25.3 Å². The Balaban J connectivity index is 2.40. The predicted molar refractivity (Wildman–Crippen MR) is 78.0 cm³/mol. The van der Waals surface area contributed by atoms with Crippen molar-refractivity contribution in [1.82, 2.24) is 20.0 Å². The van der Waals surface area contributed by atoms with Crippen LogP contribution in [-0.4, -0.2) is 57.5 Å². The number of nitrogen functional groups attached to an aromatic ring is 1. The molecule has 7 heteroatoms. The third kappa shape index (κ3) is 6.03. The Morgan fingerprint density at radius 1 is 1.60 bits per heavy atom. The van der Waals surface area contributed by atoms with Crippen LogP contribution in [-0.2, 0) is 11.3 Å². The second-order valence-corrected chi connectivity index (χ2v) is 5.20. The van der Waals surface area contributed by atoms with Gasteiger partial charge in [-0.2, -0.15) is 5.10 Å². The molecule has 1 aromatic heterocycles. The van der Waals surface area contributed by atoms with Crippen molar-refractivity contribution in [1.29, 1.82) is 0 Å². The van der Waals surface area contributed by atoms with Gasteiger partial charge in [-0.05, 0) is 20.4 Å². The highest BCUT2D eigenvalue weighted by molar-refractivity contribution is 5.78. The minimum absolute atomic E-state index is 0.0302. The van der Waals surface area contributed by atoms with Crippen molar-refractivity contribution in [3.8, 4) is 0 Å². The molecule has 0 aliphatic carbocycles. The second-order valence-electron chi connectivity index (χ2n) is 5.20. The third-order valence-corrected chi connectivity index (χ3v) is 2.78. The largest absolute Gasteiger partial charge is 0.396 e. The molecule has 0 spiro atoms. The zero-order valence-electron chi connectivity index (χ0n) is 12.4. The van der Waals surface area contributed by atoms with Crippen LogP contribution >= 0.6 is 0 Å². The molecule has 0 radical (unpaired) electrons. The van der Waals surface area contributed by atoms with E-state index in [1.807, 2.05) is 25.7 Å². The van der Waals surface area contributed by atoms with Crippen LogP contribution < -0.4 is 11.1 Å². The third-order valence-electron chi connectivity index (χ3n) is 2.78. The van der Waals surface area contributed by atoms with Crippen molar-refractivity contribution in [2.75, 3.05) is 25.4 Å². The van der Waals surface area contributed by atoms with Gasteiger partial charge in [0, 0.05) is 18.8 Å². The van der Waals surface area contributed by atoms with Gasteiger partial charge in [0.2, 0.25) is 5.91 Å². The molecule has 0 aliphatic rings. The van der Waals surface area contributed by atoms with Crippen LogP contribution in [0.15, 0.2) is 12.4 Å². The number of hydrogen-bond donors (Lipinski definition) is 3. The fraction of sp³-hybridized carbons (Fsp3) is 0.692. The molecule has 1 unspecified atom stereocenters. The Kier molecular flexibility index (Phi) is 6.47. The molecule has 1 atom stereocenters.